The molecule has 0 fully saturated rings. The van der Waals surface area contributed by atoms with Gasteiger partial charge in [-0.25, -0.2) is 0 Å². The van der Waals surface area contributed by atoms with E-state index in [4.69, 9.17) is 0 Å². The summed E-state index contributed by atoms with van der Waals surface area (Å²) in [5, 5.41) is 32.1. The molecule has 0 aliphatic heterocycles. The number of non-ortho nitro benzene ring substituents is 2. The molecule has 7 nitrogen and oxygen atoms in total. The highest BCUT2D eigenvalue weighted by Crippen LogP contribution is 2.57. The van der Waals surface area contributed by atoms with Gasteiger partial charge >= 0.3 is 0 Å². The van der Waals surface area contributed by atoms with Gasteiger partial charge in [-0.05, 0) is 35.1 Å². The lowest BCUT2D eigenvalue weighted by Gasteiger charge is -2.45. The van der Waals surface area contributed by atoms with Gasteiger partial charge in [0.05, 0.1) is 15.9 Å². The lowest BCUT2D eigenvalue weighted by Crippen LogP contribution is -2.39. The SMILES string of the molecule is N#CC12CCC(c3ccc([N+](=O)[O-])cc31)c1ccc([N+](=O)[O-])cc12. The molecule has 2 aromatic rings. The van der Waals surface area contributed by atoms with Crippen LogP contribution in [0.1, 0.15) is 41.0 Å². The summed E-state index contributed by atoms with van der Waals surface area (Å²) in [6.45, 7) is 0. The van der Waals surface area contributed by atoms with Crippen LogP contribution in [0.2, 0.25) is 0 Å². The fourth-order valence-corrected chi connectivity index (χ4v) is 4.09. The van der Waals surface area contributed by atoms with Crippen LogP contribution in [-0.2, 0) is 5.41 Å². The highest BCUT2D eigenvalue weighted by atomic mass is 16.6. The quantitative estimate of drug-likeness (QED) is 0.620. The predicted octanol–water partition coefficient (Wildman–Crippen LogP) is 3.55. The van der Waals surface area contributed by atoms with Gasteiger partial charge in [0.15, 0.2) is 0 Å². The van der Waals surface area contributed by atoms with E-state index in [1.807, 2.05) is 0 Å². The zero-order valence-electron chi connectivity index (χ0n) is 12.4. The molecule has 5 rings (SSSR count). The van der Waals surface area contributed by atoms with E-state index in [2.05, 4.69) is 6.07 Å². The molecule has 0 amide bonds. The number of rotatable bonds is 2. The molecule has 2 bridgehead atoms. The van der Waals surface area contributed by atoms with Gasteiger partial charge in [0.2, 0.25) is 0 Å². The first kappa shape index (κ1) is 14.3. The largest absolute Gasteiger partial charge is 0.269 e. The summed E-state index contributed by atoms with van der Waals surface area (Å²) in [6, 6.07) is 11.5. The van der Waals surface area contributed by atoms with Crippen molar-refractivity contribution >= 4 is 11.4 Å². The Morgan fingerprint density at radius 3 is 1.92 bits per heavy atom. The van der Waals surface area contributed by atoms with Crippen molar-refractivity contribution in [1.29, 1.82) is 5.26 Å². The Bertz CT molecular complexity index is 895. The van der Waals surface area contributed by atoms with Crippen molar-refractivity contribution in [3.63, 3.8) is 0 Å². The molecule has 0 radical (unpaired) electrons. The number of hydrogen-bond acceptors (Lipinski definition) is 5. The molecule has 2 aromatic carbocycles. The van der Waals surface area contributed by atoms with Crippen LogP contribution in [0.5, 0.6) is 0 Å². The molecule has 0 spiro atoms. The third kappa shape index (κ3) is 1.65. The number of nitro benzene ring substituents is 2. The number of benzene rings is 2. The Hall–Kier alpha value is -3.27. The summed E-state index contributed by atoms with van der Waals surface area (Å²) in [5.74, 6) is 0.0202. The second-order valence-corrected chi connectivity index (χ2v) is 6.17. The van der Waals surface area contributed by atoms with Gasteiger partial charge in [-0.1, -0.05) is 12.1 Å². The third-order valence-electron chi connectivity index (χ3n) is 5.16. The van der Waals surface area contributed by atoms with Crippen molar-refractivity contribution in [1.82, 2.24) is 0 Å². The molecule has 0 N–H and O–H groups in total. The lowest BCUT2D eigenvalue weighted by atomic mass is 9.56. The van der Waals surface area contributed by atoms with Gasteiger partial charge in [0.25, 0.3) is 11.4 Å². The van der Waals surface area contributed by atoms with Crippen molar-refractivity contribution in [2.75, 3.05) is 0 Å². The highest BCUT2D eigenvalue weighted by Gasteiger charge is 2.50. The molecule has 0 unspecified atom stereocenters. The molecule has 118 valence electrons. The van der Waals surface area contributed by atoms with Crippen LogP contribution < -0.4 is 0 Å². The fraction of sp³-hybridized carbons (Fsp3) is 0.235. The summed E-state index contributed by atoms with van der Waals surface area (Å²) >= 11 is 0. The molecular formula is C17H11N3O4. The Morgan fingerprint density at radius 1 is 1.00 bits per heavy atom. The lowest BCUT2D eigenvalue weighted by molar-refractivity contribution is -0.385. The second-order valence-electron chi connectivity index (χ2n) is 6.17. The standard InChI is InChI=1S/C17H11N3O4/c18-9-17-6-5-12(13-3-1-10(19(21)22)7-15(13)17)14-4-2-11(20(23)24)8-16(14)17/h1-4,7-8,12H,5-6H2. The zero-order valence-corrected chi connectivity index (χ0v) is 12.4. The fourth-order valence-electron chi connectivity index (χ4n) is 4.09. The molecule has 3 aliphatic carbocycles. The van der Waals surface area contributed by atoms with Crippen LogP contribution in [0.4, 0.5) is 11.4 Å². The van der Waals surface area contributed by atoms with Gasteiger partial charge < -0.3 is 0 Å². The number of nitro groups is 2. The summed E-state index contributed by atoms with van der Waals surface area (Å²) in [6.07, 6.45) is 1.26. The number of nitrogens with zero attached hydrogens (tertiary/aromatic N) is 3. The van der Waals surface area contributed by atoms with Crippen molar-refractivity contribution in [2.45, 2.75) is 24.2 Å². The molecule has 0 saturated heterocycles. The first-order valence-electron chi connectivity index (χ1n) is 7.47. The topological polar surface area (TPSA) is 110 Å². The smallest absolute Gasteiger partial charge is 0.258 e. The van der Waals surface area contributed by atoms with Gasteiger partial charge in [-0.3, -0.25) is 20.2 Å². The summed E-state index contributed by atoms with van der Waals surface area (Å²) in [4.78, 5) is 21.2. The van der Waals surface area contributed by atoms with E-state index < -0.39 is 15.3 Å². The van der Waals surface area contributed by atoms with Crippen molar-refractivity contribution < 1.29 is 9.85 Å². The Morgan fingerprint density at radius 2 is 1.50 bits per heavy atom. The molecule has 0 atom stereocenters. The predicted molar refractivity (Wildman–Crippen MR) is 83.7 cm³/mol. The number of fused-ring (bicyclic) bond motifs is 1. The van der Waals surface area contributed by atoms with Crippen molar-refractivity contribution in [3.8, 4) is 6.07 Å². The monoisotopic (exact) mass is 321 g/mol. The van der Waals surface area contributed by atoms with Crippen LogP contribution in [-0.4, -0.2) is 9.85 Å². The van der Waals surface area contributed by atoms with E-state index in [0.29, 0.717) is 17.5 Å². The first-order chi connectivity index (χ1) is 11.5. The van der Waals surface area contributed by atoms with Crippen molar-refractivity contribution in [3.05, 3.63) is 78.9 Å². The van der Waals surface area contributed by atoms with E-state index in [-0.39, 0.29) is 17.3 Å². The maximum atomic E-state index is 11.1. The normalized spacial score (nSPS) is 23.0. The molecular weight excluding hydrogens is 310 g/mol. The van der Waals surface area contributed by atoms with Crippen LogP contribution in [0.25, 0.3) is 0 Å². The van der Waals surface area contributed by atoms with E-state index in [9.17, 15) is 25.5 Å². The van der Waals surface area contributed by atoms with E-state index in [1.165, 1.54) is 24.3 Å². The maximum Gasteiger partial charge on any atom is 0.269 e. The number of nitriles is 1. The Labute approximate surface area is 136 Å². The molecule has 0 aromatic heterocycles. The molecule has 0 saturated carbocycles. The van der Waals surface area contributed by atoms with E-state index in [0.717, 1.165) is 17.5 Å². The average molecular weight is 321 g/mol. The summed E-state index contributed by atoms with van der Waals surface area (Å²) in [7, 11) is 0. The summed E-state index contributed by atoms with van der Waals surface area (Å²) < 4.78 is 0. The van der Waals surface area contributed by atoms with Crippen molar-refractivity contribution in [2.24, 2.45) is 0 Å². The summed E-state index contributed by atoms with van der Waals surface area (Å²) in [5.41, 5.74) is 1.86. The number of hydrogen-bond donors (Lipinski definition) is 0. The molecule has 24 heavy (non-hydrogen) atoms. The van der Waals surface area contributed by atoms with Crippen LogP contribution in [0, 0.1) is 31.6 Å². The van der Waals surface area contributed by atoms with Gasteiger partial charge in [-0.2, -0.15) is 5.26 Å². The van der Waals surface area contributed by atoms with Crippen LogP contribution in [0.3, 0.4) is 0 Å². The van der Waals surface area contributed by atoms with Crippen LogP contribution >= 0.6 is 0 Å². The van der Waals surface area contributed by atoms with Gasteiger partial charge in [-0.15, -0.1) is 0 Å². The van der Waals surface area contributed by atoms with Gasteiger partial charge in [0, 0.05) is 30.2 Å². The van der Waals surface area contributed by atoms with E-state index in [1.54, 1.807) is 12.1 Å². The van der Waals surface area contributed by atoms with Gasteiger partial charge in [0.1, 0.15) is 5.41 Å². The molecule has 3 aliphatic rings. The highest BCUT2D eigenvalue weighted by molar-refractivity contribution is 5.66. The van der Waals surface area contributed by atoms with Crippen LogP contribution in [0.15, 0.2) is 36.4 Å². The maximum absolute atomic E-state index is 11.1. The second kappa shape index (κ2) is 4.61. The minimum Gasteiger partial charge on any atom is -0.258 e. The first-order valence-corrected chi connectivity index (χ1v) is 7.47. The molecule has 7 heteroatoms. The average Bonchev–Trinajstić information content (AvgIpc) is 2.61. The minimum absolute atomic E-state index is 0.0202. The zero-order chi connectivity index (χ0) is 17.1. The third-order valence-corrected chi connectivity index (χ3v) is 5.16. The molecule has 0 heterocycles. The minimum atomic E-state index is -1.06. The Kier molecular flexibility index (Phi) is 2.76. The Balaban J connectivity index is 2.03. The van der Waals surface area contributed by atoms with E-state index >= 15 is 0 Å².